The first kappa shape index (κ1) is 17.8. The van der Waals surface area contributed by atoms with Crippen LogP contribution in [0.25, 0.3) is 0 Å². The molecule has 0 aliphatic carbocycles. The van der Waals surface area contributed by atoms with Crippen molar-refractivity contribution in [3.8, 4) is 5.75 Å². The van der Waals surface area contributed by atoms with E-state index in [1.165, 1.54) is 31.4 Å². The lowest BCUT2D eigenvalue weighted by Crippen LogP contribution is -2.39. The number of nitrogens with one attached hydrogen (secondary N) is 3. The van der Waals surface area contributed by atoms with Crippen molar-refractivity contribution >= 4 is 52.1 Å². The fraction of sp³-hybridized carbons (Fsp3) is 0.111. The number of amides is 2. The number of hydrogen-bond acceptors (Lipinski definition) is 6. The molecule has 0 saturated carbocycles. The molecule has 0 bridgehead atoms. The van der Waals surface area contributed by atoms with Crippen LogP contribution in [-0.4, -0.2) is 31.9 Å². The molecule has 1 aromatic carbocycles. The van der Waals surface area contributed by atoms with E-state index in [0.717, 1.165) is 5.49 Å². The van der Waals surface area contributed by atoms with E-state index in [1.807, 2.05) is 5.09 Å². The molecule has 0 aliphatic rings. The Morgan fingerprint density at radius 2 is 1.95 bits per heavy atom. The van der Waals surface area contributed by atoms with Gasteiger partial charge in [0.2, 0.25) is 6.57 Å². The van der Waals surface area contributed by atoms with Gasteiger partial charge in [0, 0.05) is 0 Å². The quantitative estimate of drug-likeness (QED) is 0.422. The molecule has 2 amide bonds. The predicted molar refractivity (Wildman–Crippen MR) is 85.1 cm³/mol. The highest BCUT2D eigenvalue weighted by atomic mass is 32.4. The van der Waals surface area contributed by atoms with E-state index in [-0.39, 0.29) is 4.90 Å². The smallest absolute Gasteiger partial charge is 0.335 e. The summed E-state index contributed by atoms with van der Waals surface area (Å²) in [6.45, 7) is -3.46. The topological polar surface area (TPSA) is 117 Å². The van der Waals surface area contributed by atoms with E-state index in [2.05, 4.69) is 29.1 Å². The highest BCUT2D eigenvalue weighted by Crippen LogP contribution is 2.28. The summed E-state index contributed by atoms with van der Waals surface area (Å²) in [7, 11) is -2.66. The Balaban J connectivity index is 2.82. The van der Waals surface area contributed by atoms with Gasteiger partial charge in [0.05, 0.1) is 17.5 Å². The summed E-state index contributed by atoms with van der Waals surface area (Å²) in [5.41, 5.74) is 0.930. The zero-order valence-electron chi connectivity index (χ0n) is 10.6. The molecular formula is C9H12N3O5PS3. The number of methoxy groups -OCH3 is 1. The Morgan fingerprint density at radius 3 is 2.43 bits per heavy atom. The zero-order valence-corrected chi connectivity index (χ0v) is 14.0. The summed E-state index contributed by atoms with van der Waals surface area (Å²) in [6.07, 6.45) is 0. The molecule has 21 heavy (non-hydrogen) atoms. The van der Waals surface area contributed by atoms with E-state index in [4.69, 9.17) is 4.74 Å². The minimum atomic E-state index is -4.09. The Hall–Kier alpha value is -1.26. The average Bonchev–Trinajstić information content (AvgIpc) is 2.37. The Labute approximate surface area is 132 Å². The predicted octanol–water partition coefficient (Wildman–Crippen LogP) is 0.447. The number of rotatable bonds is 6. The summed E-state index contributed by atoms with van der Waals surface area (Å²) in [5.74, 6) is 0.467. The number of thiocarbonyl (C=S) groups is 1. The lowest BCUT2D eigenvalue weighted by molar-refractivity contribution is 0.250. The van der Waals surface area contributed by atoms with Crippen molar-refractivity contribution in [1.82, 2.24) is 14.9 Å². The molecule has 0 aliphatic heterocycles. The fourth-order valence-electron chi connectivity index (χ4n) is 1.20. The number of benzene rings is 1. The van der Waals surface area contributed by atoms with Gasteiger partial charge >= 0.3 is 6.03 Å². The van der Waals surface area contributed by atoms with Crippen molar-refractivity contribution in [2.75, 3.05) is 7.11 Å². The second-order valence-electron chi connectivity index (χ2n) is 3.54. The van der Waals surface area contributed by atoms with Crippen molar-refractivity contribution in [3.63, 3.8) is 0 Å². The molecule has 1 aromatic rings. The fourth-order valence-corrected chi connectivity index (χ4v) is 3.79. The average molecular weight is 369 g/mol. The second kappa shape index (κ2) is 7.14. The van der Waals surface area contributed by atoms with Gasteiger partial charge in [-0.3, -0.25) is 5.09 Å². The number of carbonyl (C=O) groups is 1. The monoisotopic (exact) mass is 369 g/mol. The summed E-state index contributed by atoms with van der Waals surface area (Å²) in [6, 6.07) is 4.21. The van der Waals surface area contributed by atoms with Crippen molar-refractivity contribution in [1.29, 1.82) is 0 Å². The Morgan fingerprint density at radius 1 is 1.38 bits per heavy atom. The van der Waals surface area contributed by atoms with E-state index in [0.29, 0.717) is 5.75 Å². The van der Waals surface area contributed by atoms with Gasteiger partial charge in [-0.05, 0) is 36.1 Å². The molecule has 116 valence electrons. The first-order valence-electron chi connectivity index (χ1n) is 5.23. The van der Waals surface area contributed by atoms with Crippen LogP contribution in [0.2, 0.25) is 0 Å². The standard InChI is InChI=1S/C9H12N3O5PS3/c1-17-7-2-4-8(5-3-7)21(15,16)12-9(13)11-18(14,20)10-6-19/h2-6H,1H3,(H4,10,11,12,13,14,19,20). The van der Waals surface area contributed by atoms with Gasteiger partial charge in [0.15, 0.2) is 0 Å². The van der Waals surface area contributed by atoms with Crippen molar-refractivity contribution in [3.05, 3.63) is 24.3 Å². The third kappa shape index (κ3) is 5.56. The molecule has 0 spiro atoms. The molecule has 0 radical (unpaired) electrons. The van der Waals surface area contributed by atoms with Crippen molar-refractivity contribution < 1.29 is 22.8 Å². The second-order valence-corrected chi connectivity index (χ2v) is 8.68. The van der Waals surface area contributed by atoms with Gasteiger partial charge < -0.3 is 14.7 Å². The molecule has 8 nitrogen and oxygen atoms in total. The normalized spacial score (nSPS) is 13.6. The molecule has 1 unspecified atom stereocenters. The van der Waals surface area contributed by atoms with Gasteiger partial charge in [0.25, 0.3) is 10.0 Å². The minimum Gasteiger partial charge on any atom is -0.497 e. The highest BCUT2D eigenvalue weighted by Gasteiger charge is 2.21. The maximum absolute atomic E-state index is 11.9. The van der Waals surface area contributed by atoms with Gasteiger partial charge in [0.1, 0.15) is 5.75 Å². The van der Waals surface area contributed by atoms with Gasteiger partial charge in [-0.15, -0.1) is 0 Å². The van der Waals surface area contributed by atoms with Crippen molar-refractivity contribution in [2.45, 2.75) is 4.90 Å². The molecular weight excluding hydrogens is 357 g/mol. The van der Waals surface area contributed by atoms with E-state index < -0.39 is 22.6 Å². The minimum absolute atomic E-state index is 0.146. The molecule has 0 aromatic heterocycles. The largest absolute Gasteiger partial charge is 0.497 e. The number of ether oxygens (including phenoxy) is 1. The van der Waals surface area contributed by atoms with Crippen LogP contribution in [-0.2, 0) is 21.8 Å². The number of urea groups is 1. The van der Waals surface area contributed by atoms with Crippen LogP contribution in [0.3, 0.4) is 0 Å². The first-order valence-corrected chi connectivity index (χ1v) is 9.94. The van der Waals surface area contributed by atoms with Crippen LogP contribution in [0.15, 0.2) is 29.2 Å². The van der Waals surface area contributed by atoms with Crippen LogP contribution in [0.5, 0.6) is 5.75 Å². The van der Waals surface area contributed by atoms with E-state index in [1.54, 1.807) is 4.72 Å². The molecule has 0 fully saturated rings. The Kier molecular flexibility index (Phi) is 6.05. The molecule has 4 N–H and O–H groups in total. The number of carbonyl (C=O) groups excluding carboxylic acids is 1. The maximum Gasteiger partial charge on any atom is 0.335 e. The third-order valence-corrected chi connectivity index (χ3v) is 5.29. The lowest BCUT2D eigenvalue weighted by atomic mass is 10.3. The highest BCUT2D eigenvalue weighted by molar-refractivity contribution is 8.10. The van der Waals surface area contributed by atoms with Crippen LogP contribution in [0, 0.1) is 0 Å². The van der Waals surface area contributed by atoms with Gasteiger partial charge in [-0.2, -0.15) is 0 Å². The SMILES string of the molecule is COc1ccc(S(=O)(=O)NC(=O)NP(O)(=S)NC=S)cc1. The first-order chi connectivity index (χ1) is 9.70. The van der Waals surface area contributed by atoms with Crippen LogP contribution < -0.4 is 19.6 Å². The van der Waals surface area contributed by atoms with Crippen molar-refractivity contribution in [2.24, 2.45) is 0 Å². The van der Waals surface area contributed by atoms with Gasteiger partial charge in [-0.1, -0.05) is 12.2 Å². The summed E-state index contributed by atoms with van der Waals surface area (Å²) in [4.78, 5) is 20.9. The van der Waals surface area contributed by atoms with Crippen LogP contribution in [0.1, 0.15) is 0 Å². The lowest BCUT2D eigenvalue weighted by Gasteiger charge is -2.16. The van der Waals surface area contributed by atoms with E-state index >= 15 is 0 Å². The molecule has 12 heteroatoms. The summed E-state index contributed by atoms with van der Waals surface area (Å²) < 4.78 is 30.5. The molecule has 0 saturated heterocycles. The summed E-state index contributed by atoms with van der Waals surface area (Å²) >= 11 is 9.06. The van der Waals surface area contributed by atoms with E-state index in [9.17, 15) is 18.1 Å². The number of sulfonamides is 1. The molecule has 1 rings (SSSR count). The Bertz CT molecular complexity index is 676. The van der Waals surface area contributed by atoms with Crippen LogP contribution in [0.4, 0.5) is 4.79 Å². The number of hydrogen-bond donors (Lipinski definition) is 4. The summed E-state index contributed by atoms with van der Waals surface area (Å²) in [5, 5.41) is 4.11. The maximum atomic E-state index is 11.9. The third-order valence-electron chi connectivity index (χ3n) is 2.08. The molecule has 0 heterocycles. The zero-order chi connectivity index (χ0) is 16.1. The molecule has 1 atom stereocenters. The van der Waals surface area contributed by atoms with Gasteiger partial charge in [-0.25, -0.2) is 17.9 Å². The van der Waals surface area contributed by atoms with Crippen LogP contribution >= 0.6 is 18.8 Å².